The molecule has 13 nitrogen and oxygen atoms in total. The Bertz CT molecular complexity index is 1490. The smallest absolute Gasteiger partial charge is 0.312 e. The van der Waals surface area contributed by atoms with E-state index < -0.39 is 46.7 Å². The standard InChI is InChI=1S/C44H62N4O9/c49-35-1-3-55-4-2-36(50)46-34(38(52)48-44-19-28-8-29(20-44)10-30(9-28)21-44)23-57-40(54)42-14-31-11-32(15-42)13-41(12-31,24-42)39(53)56-22-33(45-35)37(51)47-43-16-25-5-26(17-43)7-27(6-25)18-43/h25-34H,1-24H2,(H,45,49)(H,46,50)(H,47,51)(H,48,52)/t25?,26?,27?,28?,29?,30?,31?,32?,33-,34-,41?,42?,43?,44?/m0/s1. The lowest BCUT2D eigenvalue weighted by molar-refractivity contribution is -0.195. The summed E-state index contributed by atoms with van der Waals surface area (Å²) in [7, 11) is 0. The predicted molar refractivity (Wildman–Crippen MR) is 203 cm³/mol. The molecule has 1 saturated heterocycles. The Labute approximate surface area is 335 Å². The average Bonchev–Trinajstić information content (AvgIpc) is 3.12. The van der Waals surface area contributed by atoms with Crippen LogP contribution < -0.4 is 21.3 Å². The van der Waals surface area contributed by atoms with Gasteiger partial charge in [-0.25, -0.2) is 0 Å². The summed E-state index contributed by atoms with van der Waals surface area (Å²) in [5, 5.41) is 12.4. The average molecular weight is 791 g/mol. The van der Waals surface area contributed by atoms with Gasteiger partial charge in [0.15, 0.2) is 0 Å². The van der Waals surface area contributed by atoms with Crippen LogP contribution in [0, 0.1) is 58.2 Å². The fourth-order valence-corrected chi connectivity index (χ4v) is 15.9. The number of rotatable bonds is 4. The molecule has 1 aliphatic heterocycles. The molecule has 0 unspecified atom stereocenters. The number of ether oxygens (including phenoxy) is 3. The fourth-order valence-electron chi connectivity index (χ4n) is 15.9. The Morgan fingerprint density at radius 3 is 1.18 bits per heavy atom. The van der Waals surface area contributed by atoms with E-state index in [0.29, 0.717) is 61.2 Å². The molecule has 0 aromatic rings. The van der Waals surface area contributed by atoms with Gasteiger partial charge in [0, 0.05) is 23.9 Å². The number of nitrogens with one attached hydrogen (secondary N) is 4. The highest BCUT2D eigenvalue weighted by Crippen LogP contribution is 2.66. The molecule has 12 aliphatic carbocycles. The lowest BCUT2D eigenvalue weighted by Crippen LogP contribution is -2.63. The quantitative estimate of drug-likeness (QED) is 0.310. The van der Waals surface area contributed by atoms with Crippen LogP contribution in [0.5, 0.6) is 0 Å². The molecule has 2 spiro atoms. The summed E-state index contributed by atoms with van der Waals surface area (Å²) < 4.78 is 17.8. The van der Waals surface area contributed by atoms with Gasteiger partial charge in [0.25, 0.3) is 0 Å². The van der Waals surface area contributed by atoms with E-state index in [-0.39, 0.29) is 80.4 Å². The molecule has 13 fully saturated rings. The van der Waals surface area contributed by atoms with Crippen molar-refractivity contribution in [1.82, 2.24) is 21.3 Å². The monoisotopic (exact) mass is 790 g/mol. The maximum atomic E-state index is 14.3. The SMILES string of the molecule is O=C1CCOCCC(=O)N[C@H](C(=O)NC23CC4CC(CC(C4)C2)C3)COC(=O)C23CC4CC(CC(C4)(C2)C(=O)OC[C@@H](C(=O)NC24CC5CC(CC(C5)C2)C4)N1)C3. The number of amides is 4. The number of cyclic esters (lactones) is 2. The zero-order chi connectivity index (χ0) is 39.2. The fraction of sp³-hybridized carbons (Fsp3) is 0.864. The predicted octanol–water partition coefficient (Wildman–Crippen LogP) is 3.61. The molecule has 0 radical (unpaired) electrons. The maximum absolute atomic E-state index is 14.3. The molecule has 2 atom stereocenters. The number of carbonyl (C=O) groups is 6. The number of carbonyl (C=O) groups excluding carboxylic acids is 6. The van der Waals surface area contributed by atoms with E-state index >= 15 is 0 Å². The highest BCUT2D eigenvalue weighted by atomic mass is 16.5. The summed E-state index contributed by atoms with van der Waals surface area (Å²) in [5.41, 5.74) is -2.36. The van der Waals surface area contributed by atoms with E-state index in [2.05, 4.69) is 21.3 Å². The first kappa shape index (κ1) is 38.0. The van der Waals surface area contributed by atoms with Gasteiger partial charge >= 0.3 is 11.9 Å². The van der Waals surface area contributed by atoms with Crippen molar-refractivity contribution in [3.8, 4) is 0 Å². The number of esters is 2. The lowest BCUT2D eigenvalue weighted by atomic mass is 9.44. The molecule has 13 rings (SSSR count). The van der Waals surface area contributed by atoms with Crippen molar-refractivity contribution >= 4 is 35.6 Å². The van der Waals surface area contributed by atoms with Gasteiger partial charge in [-0.1, -0.05) is 0 Å². The Kier molecular flexibility index (Phi) is 9.48. The Morgan fingerprint density at radius 1 is 0.491 bits per heavy atom. The third-order valence-corrected chi connectivity index (χ3v) is 16.8. The molecule has 1 heterocycles. The van der Waals surface area contributed by atoms with Crippen LogP contribution in [-0.4, -0.2) is 85.2 Å². The molecule has 4 N–H and O–H groups in total. The maximum Gasteiger partial charge on any atom is 0.312 e. The molecule has 13 heteroatoms. The van der Waals surface area contributed by atoms with Crippen LogP contribution in [0.25, 0.3) is 0 Å². The molecule has 13 aliphatic rings. The Balaban J connectivity index is 0.859. The van der Waals surface area contributed by atoms with Crippen LogP contribution in [0.2, 0.25) is 0 Å². The number of hydrogen-bond donors (Lipinski definition) is 4. The first-order valence-corrected chi connectivity index (χ1v) is 22.5. The lowest BCUT2D eigenvalue weighted by Gasteiger charge is -2.59. The van der Waals surface area contributed by atoms with Gasteiger partial charge in [-0.2, -0.15) is 0 Å². The van der Waals surface area contributed by atoms with Crippen molar-refractivity contribution in [2.45, 2.75) is 152 Å². The van der Waals surface area contributed by atoms with Gasteiger partial charge in [0.05, 0.1) is 24.0 Å². The van der Waals surface area contributed by atoms with E-state index in [1.165, 1.54) is 38.5 Å². The second-order valence-corrected chi connectivity index (χ2v) is 21.4. The summed E-state index contributed by atoms with van der Waals surface area (Å²) in [5.74, 6) is 1.68. The third-order valence-electron chi connectivity index (χ3n) is 16.8. The van der Waals surface area contributed by atoms with Crippen LogP contribution in [0.4, 0.5) is 0 Å². The van der Waals surface area contributed by atoms with Gasteiger partial charge in [0.1, 0.15) is 25.3 Å². The molecule has 312 valence electrons. The van der Waals surface area contributed by atoms with Crippen molar-refractivity contribution in [3.05, 3.63) is 0 Å². The van der Waals surface area contributed by atoms with Crippen molar-refractivity contribution in [2.75, 3.05) is 26.4 Å². The Hall–Kier alpha value is -3.22. The van der Waals surface area contributed by atoms with E-state index in [1.807, 2.05) is 0 Å². The van der Waals surface area contributed by atoms with Gasteiger partial charge < -0.3 is 35.5 Å². The minimum Gasteiger partial charge on any atom is -0.463 e. The molecule has 0 aromatic heterocycles. The van der Waals surface area contributed by atoms with Crippen LogP contribution in [0.15, 0.2) is 0 Å². The van der Waals surface area contributed by atoms with E-state index in [1.54, 1.807) is 0 Å². The zero-order valence-electron chi connectivity index (χ0n) is 33.4. The van der Waals surface area contributed by atoms with Gasteiger partial charge in [0.2, 0.25) is 23.6 Å². The molecule has 12 saturated carbocycles. The van der Waals surface area contributed by atoms with Crippen molar-refractivity contribution in [1.29, 1.82) is 0 Å². The molecule has 12 bridgehead atoms. The number of hydrogen-bond acceptors (Lipinski definition) is 9. The molecule has 4 amide bonds. The van der Waals surface area contributed by atoms with E-state index in [0.717, 1.165) is 44.9 Å². The minimum absolute atomic E-state index is 0.0176. The summed E-state index contributed by atoms with van der Waals surface area (Å²) in [4.78, 5) is 83.3. The summed E-state index contributed by atoms with van der Waals surface area (Å²) in [6.07, 6.45) is 16.6. The largest absolute Gasteiger partial charge is 0.463 e. The van der Waals surface area contributed by atoms with Crippen LogP contribution in [0.3, 0.4) is 0 Å². The van der Waals surface area contributed by atoms with E-state index in [4.69, 9.17) is 14.2 Å². The first-order valence-electron chi connectivity index (χ1n) is 22.5. The molecule has 57 heavy (non-hydrogen) atoms. The van der Waals surface area contributed by atoms with Gasteiger partial charge in [-0.3, -0.25) is 28.8 Å². The third kappa shape index (κ3) is 7.27. The second-order valence-electron chi connectivity index (χ2n) is 21.4. The highest BCUT2D eigenvalue weighted by Gasteiger charge is 2.65. The Morgan fingerprint density at radius 2 is 0.825 bits per heavy atom. The molecular formula is C44H62N4O9. The second kappa shape index (κ2) is 14.2. The van der Waals surface area contributed by atoms with Gasteiger partial charge in [-0.05, 0) is 163 Å². The molecular weight excluding hydrogens is 729 g/mol. The molecule has 0 aromatic carbocycles. The minimum atomic E-state index is -1.07. The van der Waals surface area contributed by atoms with Crippen molar-refractivity contribution < 1.29 is 43.0 Å². The first-order chi connectivity index (χ1) is 27.4. The summed E-state index contributed by atoms with van der Waals surface area (Å²) in [6, 6.07) is -2.14. The topological polar surface area (TPSA) is 178 Å². The van der Waals surface area contributed by atoms with Crippen molar-refractivity contribution in [3.63, 3.8) is 0 Å². The summed E-state index contributed by atoms with van der Waals surface area (Å²) in [6.45, 7) is -0.550. The van der Waals surface area contributed by atoms with Crippen LogP contribution in [-0.2, 0) is 43.0 Å². The normalized spacial score (nSPS) is 47.7. The highest BCUT2D eigenvalue weighted by molar-refractivity contribution is 5.90. The van der Waals surface area contributed by atoms with E-state index in [9.17, 15) is 28.8 Å². The van der Waals surface area contributed by atoms with Crippen molar-refractivity contribution in [2.24, 2.45) is 58.2 Å². The summed E-state index contributed by atoms with van der Waals surface area (Å²) >= 11 is 0. The zero-order valence-corrected chi connectivity index (χ0v) is 33.4. The van der Waals surface area contributed by atoms with Crippen LogP contribution in [0.1, 0.15) is 128 Å². The van der Waals surface area contributed by atoms with Crippen LogP contribution >= 0.6 is 0 Å². The van der Waals surface area contributed by atoms with Gasteiger partial charge in [-0.15, -0.1) is 0 Å².